The highest BCUT2D eigenvalue weighted by Gasteiger charge is 2.36. The van der Waals surface area contributed by atoms with Gasteiger partial charge in [-0.15, -0.1) is 0 Å². The molecular formula is C33H32N4O3. The van der Waals surface area contributed by atoms with Crippen LogP contribution in [0.4, 0.5) is 5.69 Å². The van der Waals surface area contributed by atoms with Crippen LogP contribution in [-0.2, 0) is 15.1 Å². The lowest BCUT2D eigenvalue weighted by Crippen LogP contribution is -2.39. The number of benzene rings is 3. The lowest BCUT2D eigenvalue weighted by molar-refractivity contribution is -0.136. The summed E-state index contributed by atoms with van der Waals surface area (Å²) in [6.45, 7) is 3.18. The van der Waals surface area contributed by atoms with E-state index in [1.165, 1.54) is 5.56 Å². The van der Waals surface area contributed by atoms with Crippen molar-refractivity contribution in [3.63, 3.8) is 0 Å². The molecule has 3 heterocycles. The minimum Gasteiger partial charge on any atom is -0.364 e. The first-order chi connectivity index (χ1) is 19.5. The van der Waals surface area contributed by atoms with Crippen LogP contribution in [0.2, 0.25) is 0 Å². The Balaban J connectivity index is 1.10. The molecule has 3 aromatic carbocycles. The highest BCUT2D eigenvalue weighted by molar-refractivity contribution is 6.01. The second kappa shape index (κ2) is 10.6. The highest BCUT2D eigenvalue weighted by atomic mass is 16.5. The number of piperidine rings is 1. The number of nitrogens with one attached hydrogen (secondary N) is 1. The Hall–Kier alpha value is -4.49. The Kier molecular flexibility index (Phi) is 6.82. The first kappa shape index (κ1) is 25.8. The van der Waals surface area contributed by atoms with Crippen molar-refractivity contribution >= 4 is 33.8 Å². The van der Waals surface area contributed by atoms with Crippen molar-refractivity contribution in [2.75, 3.05) is 25.5 Å². The minimum atomic E-state index is -1.15. The van der Waals surface area contributed by atoms with E-state index in [2.05, 4.69) is 22.4 Å². The molecule has 0 saturated carbocycles. The van der Waals surface area contributed by atoms with E-state index in [9.17, 15) is 9.59 Å². The van der Waals surface area contributed by atoms with Crippen LogP contribution in [0, 0.1) is 0 Å². The third-order valence-electron chi connectivity index (χ3n) is 8.20. The van der Waals surface area contributed by atoms with Crippen molar-refractivity contribution in [2.45, 2.75) is 31.3 Å². The number of aromatic nitrogens is 2. The lowest BCUT2D eigenvalue weighted by Gasteiger charge is -2.32. The normalized spacial score (nSPS) is 15.7. The molecule has 40 heavy (non-hydrogen) atoms. The molecule has 5 aromatic rings. The predicted molar refractivity (Wildman–Crippen MR) is 156 cm³/mol. The zero-order valence-corrected chi connectivity index (χ0v) is 22.7. The third kappa shape index (κ3) is 4.73. The van der Waals surface area contributed by atoms with E-state index in [1.54, 1.807) is 20.4 Å². The van der Waals surface area contributed by atoms with Gasteiger partial charge in [-0.3, -0.25) is 9.59 Å². The summed E-state index contributed by atoms with van der Waals surface area (Å²) in [7, 11) is 1.57. The molecule has 202 valence electrons. The van der Waals surface area contributed by atoms with E-state index < -0.39 is 5.60 Å². The van der Waals surface area contributed by atoms with Gasteiger partial charge in [0.1, 0.15) is 5.69 Å². The summed E-state index contributed by atoms with van der Waals surface area (Å²) in [5, 5.41) is 5.11. The van der Waals surface area contributed by atoms with Crippen LogP contribution in [0.25, 0.3) is 16.3 Å². The van der Waals surface area contributed by atoms with Gasteiger partial charge >= 0.3 is 0 Å². The number of hydrogen-bond donors (Lipinski definition) is 1. The largest absolute Gasteiger partial charge is 0.364 e. The number of carbonyl (C=O) groups excluding carboxylic acids is 2. The van der Waals surface area contributed by atoms with Crippen molar-refractivity contribution in [3.05, 3.63) is 114 Å². The van der Waals surface area contributed by atoms with E-state index >= 15 is 0 Å². The maximum atomic E-state index is 13.5. The van der Waals surface area contributed by atoms with E-state index in [1.807, 2.05) is 88.3 Å². The van der Waals surface area contributed by atoms with Gasteiger partial charge in [-0.25, -0.2) is 4.98 Å². The number of anilines is 1. The van der Waals surface area contributed by atoms with E-state index in [4.69, 9.17) is 4.74 Å². The van der Waals surface area contributed by atoms with Crippen molar-refractivity contribution in [1.29, 1.82) is 0 Å². The number of carbonyl (C=O) groups is 2. The topological polar surface area (TPSA) is 75.9 Å². The number of hydrogen-bond acceptors (Lipinski definition) is 4. The Labute approximate surface area is 233 Å². The maximum Gasteiger partial charge on any atom is 0.272 e. The summed E-state index contributed by atoms with van der Waals surface area (Å²) in [6, 6.07) is 27.7. The van der Waals surface area contributed by atoms with Gasteiger partial charge in [0, 0.05) is 43.2 Å². The Bertz CT molecular complexity index is 1680. The van der Waals surface area contributed by atoms with Gasteiger partial charge in [0.05, 0.1) is 6.33 Å². The number of rotatable bonds is 6. The molecule has 1 fully saturated rings. The summed E-state index contributed by atoms with van der Waals surface area (Å²) in [4.78, 5) is 32.8. The van der Waals surface area contributed by atoms with Crippen LogP contribution >= 0.6 is 0 Å². The first-order valence-corrected chi connectivity index (χ1v) is 13.6. The van der Waals surface area contributed by atoms with Crippen LogP contribution < -0.4 is 5.32 Å². The molecule has 1 saturated heterocycles. The van der Waals surface area contributed by atoms with Gasteiger partial charge in [-0.2, -0.15) is 0 Å². The molecule has 7 heteroatoms. The molecule has 1 unspecified atom stereocenters. The summed E-state index contributed by atoms with van der Waals surface area (Å²) in [5.41, 5.74) is 3.05. The summed E-state index contributed by atoms with van der Waals surface area (Å²) in [5.74, 6) is 0.111. The molecule has 2 amide bonds. The molecule has 1 atom stereocenters. The van der Waals surface area contributed by atoms with Crippen molar-refractivity contribution in [1.82, 2.24) is 14.3 Å². The van der Waals surface area contributed by atoms with Crippen LogP contribution in [0.5, 0.6) is 0 Å². The molecule has 6 rings (SSSR count). The van der Waals surface area contributed by atoms with Gasteiger partial charge in [0.2, 0.25) is 0 Å². The average molecular weight is 533 g/mol. The smallest absolute Gasteiger partial charge is 0.272 e. The third-order valence-corrected chi connectivity index (χ3v) is 8.20. The molecule has 0 aliphatic carbocycles. The zero-order valence-electron chi connectivity index (χ0n) is 22.7. The van der Waals surface area contributed by atoms with Crippen LogP contribution in [-0.4, -0.2) is 46.3 Å². The van der Waals surface area contributed by atoms with E-state index in [-0.39, 0.29) is 11.8 Å². The fourth-order valence-electron chi connectivity index (χ4n) is 5.69. The maximum absolute atomic E-state index is 13.5. The Morgan fingerprint density at radius 1 is 0.950 bits per heavy atom. The molecule has 1 aliphatic rings. The van der Waals surface area contributed by atoms with Crippen molar-refractivity contribution in [3.8, 4) is 0 Å². The number of amides is 2. The lowest BCUT2D eigenvalue weighted by atomic mass is 9.88. The zero-order chi connectivity index (χ0) is 27.7. The van der Waals surface area contributed by atoms with Crippen LogP contribution in [0.1, 0.15) is 47.3 Å². The number of likely N-dealkylation sites (tertiary alicyclic amines) is 1. The van der Waals surface area contributed by atoms with Crippen LogP contribution in [0.3, 0.4) is 0 Å². The van der Waals surface area contributed by atoms with E-state index in [0.717, 1.165) is 40.4 Å². The molecule has 1 N–H and O–H groups in total. The number of nitrogens with zero attached hydrogens (tertiary/aromatic N) is 3. The Morgan fingerprint density at radius 3 is 2.48 bits per heavy atom. The van der Waals surface area contributed by atoms with E-state index in [0.29, 0.717) is 24.7 Å². The van der Waals surface area contributed by atoms with Crippen LogP contribution in [0.15, 0.2) is 97.5 Å². The summed E-state index contributed by atoms with van der Waals surface area (Å²) in [6.07, 6.45) is 5.37. The standard InChI is InChI=1S/C33H32N4O3/c1-33(40-2,29-11-5-8-25-7-3-4-10-28(25)29)32(39)35-26-14-12-23(13-15-26)24-16-19-36(20-17-24)31(38)30-21-27-9-6-18-37(27)22-34-30/h3-15,18,21-22,24H,16-17,19-20H2,1-2H3,(H,35,39). The number of fused-ring (bicyclic) bond motifs is 2. The summed E-state index contributed by atoms with van der Waals surface area (Å²) >= 11 is 0. The quantitative estimate of drug-likeness (QED) is 0.291. The first-order valence-electron chi connectivity index (χ1n) is 13.6. The molecule has 0 bridgehead atoms. The molecular weight excluding hydrogens is 500 g/mol. The van der Waals surface area contributed by atoms with Gasteiger partial charge in [0.25, 0.3) is 11.8 Å². The van der Waals surface area contributed by atoms with Crippen molar-refractivity contribution < 1.29 is 14.3 Å². The average Bonchev–Trinajstić information content (AvgIpc) is 3.48. The monoisotopic (exact) mass is 532 g/mol. The fourth-order valence-corrected chi connectivity index (χ4v) is 5.69. The van der Waals surface area contributed by atoms with Gasteiger partial charge in [-0.1, -0.05) is 54.6 Å². The molecule has 0 radical (unpaired) electrons. The molecule has 1 aliphatic heterocycles. The predicted octanol–water partition coefficient (Wildman–Crippen LogP) is 6.01. The van der Waals surface area contributed by atoms with Crippen molar-refractivity contribution in [2.24, 2.45) is 0 Å². The fraction of sp³-hybridized carbons (Fsp3) is 0.242. The SMILES string of the molecule is COC(C)(C(=O)Nc1ccc(C2CCN(C(=O)c3cc4cccn4cn3)CC2)cc1)c1cccc2ccccc12. The summed E-state index contributed by atoms with van der Waals surface area (Å²) < 4.78 is 7.71. The molecule has 2 aromatic heterocycles. The number of ether oxygens (including phenoxy) is 1. The molecule has 0 spiro atoms. The van der Waals surface area contributed by atoms with Gasteiger partial charge in [-0.05, 0) is 72.4 Å². The second-order valence-corrected chi connectivity index (χ2v) is 10.5. The minimum absolute atomic E-state index is 0.0207. The highest BCUT2D eigenvalue weighted by Crippen LogP contribution is 2.33. The second-order valence-electron chi connectivity index (χ2n) is 10.5. The number of methoxy groups -OCH3 is 1. The van der Waals surface area contributed by atoms with Gasteiger partial charge in [0.15, 0.2) is 5.60 Å². The Morgan fingerprint density at radius 2 is 1.70 bits per heavy atom. The molecule has 7 nitrogen and oxygen atoms in total. The van der Waals surface area contributed by atoms with Gasteiger partial charge < -0.3 is 19.4 Å².